The lowest BCUT2D eigenvalue weighted by Crippen LogP contribution is -2.14. The van der Waals surface area contributed by atoms with Crippen LogP contribution in [0.25, 0.3) is 11.1 Å². The van der Waals surface area contributed by atoms with Gasteiger partial charge in [0.25, 0.3) is 5.91 Å². The zero-order valence-corrected chi connectivity index (χ0v) is 13.0. The van der Waals surface area contributed by atoms with Crippen LogP contribution in [0.15, 0.2) is 24.3 Å². The Balaban J connectivity index is 2.77. The van der Waals surface area contributed by atoms with Crippen LogP contribution in [-0.2, 0) is 0 Å². The molecule has 106 valence electrons. The zero-order valence-electron chi connectivity index (χ0n) is 12.2. The molecule has 1 aromatic carbocycles. The molecule has 2 aromatic rings. The van der Waals surface area contributed by atoms with Gasteiger partial charge >= 0.3 is 0 Å². The van der Waals surface area contributed by atoms with Gasteiger partial charge in [0.1, 0.15) is 0 Å². The van der Waals surface area contributed by atoms with Crippen LogP contribution in [0.3, 0.4) is 0 Å². The summed E-state index contributed by atoms with van der Waals surface area (Å²) in [4.78, 5) is 11.9. The van der Waals surface area contributed by atoms with Gasteiger partial charge in [-0.3, -0.25) is 4.79 Å². The summed E-state index contributed by atoms with van der Waals surface area (Å²) in [5, 5.41) is 0.673. The first-order valence-corrected chi connectivity index (χ1v) is 6.99. The van der Waals surface area contributed by atoms with E-state index in [1.165, 1.54) is 0 Å². The Bertz CT molecular complexity index is 654. The van der Waals surface area contributed by atoms with Crippen LogP contribution >= 0.6 is 11.6 Å². The van der Waals surface area contributed by atoms with E-state index in [4.69, 9.17) is 17.3 Å². The molecule has 0 saturated carbocycles. The van der Waals surface area contributed by atoms with Crippen molar-refractivity contribution in [2.24, 2.45) is 5.73 Å². The van der Waals surface area contributed by atoms with Gasteiger partial charge in [0.15, 0.2) is 0 Å². The number of carbonyl (C=O) groups excluding carboxylic acids is 1. The summed E-state index contributed by atoms with van der Waals surface area (Å²) < 4.78 is 2.14. The summed E-state index contributed by atoms with van der Waals surface area (Å²) in [6, 6.07) is 7.75. The summed E-state index contributed by atoms with van der Waals surface area (Å²) in [6.07, 6.45) is 0. The lowest BCUT2D eigenvalue weighted by Gasteiger charge is -2.13. The number of hydrogen-bond donors (Lipinski definition) is 1. The molecule has 0 saturated heterocycles. The van der Waals surface area contributed by atoms with Gasteiger partial charge in [0.2, 0.25) is 0 Å². The number of nitrogens with zero attached hydrogens (tertiary/aromatic N) is 1. The smallest absolute Gasteiger partial charge is 0.251 e. The fourth-order valence-corrected chi connectivity index (χ4v) is 3.03. The van der Waals surface area contributed by atoms with Gasteiger partial charge in [-0.15, -0.1) is 0 Å². The van der Waals surface area contributed by atoms with Crippen LogP contribution in [0.1, 0.15) is 41.6 Å². The molecular weight excluding hydrogens is 272 g/mol. The van der Waals surface area contributed by atoms with Crippen LogP contribution in [-0.4, -0.2) is 10.5 Å². The van der Waals surface area contributed by atoms with Gasteiger partial charge in [-0.1, -0.05) is 23.7 Å². The standard InChI is InChI=1S/C16H19ClN2O/c1-9(2)19-10(3)14(15(11(19)4)16(18)20)12-5-7-13(17)8-6-12/h5-9H,1-4H3,(H2,18,20). The maximum atomic E-state index is 11.9. The molecular formula is C16H19ClN2O. The van der Waals surface area contributed by atoms with Gasteiger partial charge in [-0.2, -0.15) is 0 Å². The van der Waals surface area contributed by atoms with Gasteiger partial charge < -0.3 is 10.3 Å². The Labute approximate surface area is 124 Å². The molecule has 0 radical (unpaired) electrons. The van der Waals surface area contributed by atoms with Gasteiger partial charge in [-0.05, 0) is 45.4 Å². The molecule has 0 spiro atoms. The molecule has 2 N–H and O–H groups in total. The van der Waals surface area contributed by atoms with Crippen molar-refractivity contribution < 1.29 is 4.79 Å². The molecule has 0 aliphatic heterocycles. The molecule has 1 amide bonds. The molecule has 3 nitrogen and oxygen atoms in total. The summed E-state index contributed by atoms with van der Waals surface area (Å²) in [5.41, 5.74) is 10.0. The summed E-state index contributed by atoms with van der Waals surface area (Å²) in [6.45, 7) is 8.14. The van der Waals surface area contributed by atoms with E-state index >= 15 is 0 Å². The van der Waals surface area contributed by atoms with E-state index in [-0.39, 0.29) is 6.04 Å². The minimum atomic E-state index is -0.394. The normalized spacial score (nSPS) is 11.1. The Morgan fingerprint density at radius 3 is 2.15 bits per heavy atom. The third-order valence-corrected chi connectivity index (χ3v) is 3.84. The fraction of sp³-hybridized carbons (Fsp3) is 0.312. The summed E-state index contributed by atoms with van der Waals surface area (Å²) >= 11 is 5.93. The number of halogens is 1. The molecule has 0 aliphatic rings. The lowest BCUT2D eigenvalue weighted by atomic mass is 10.0. The van der Waals surface area contributed by atoms with Crippen LogP contribution in [0.4, 0.5) is 0 Å². The van der Waals surface area contributed by atoms with Crippen molar-refractivity contribution in [3.63, 3.8) is 0 Å². The molecule has 1 heterocycles. The molecule has 0 bridgehead atoms. The van der Waals surface area contributed by atoms with Crippen molar-refractivity contribution in [3.05, 3.63) is 46.2 Å². The topological polar surface area (TPSA) is 48.0 Å². The summed E-state index contributed by atoms with van der Waals surface area (Å²) in [5.74, 6) is -0.394. The number of rotatable bonds is 3. The maximum absolute atomic E-state index is 11.9. The van der Waals surface area contributed by atoms with Crippen molar-refractivity contribution in [1.82, 2.24) is 4.57 Å². The number of primary amides is 1. The average Bonchev–Trinajstić information content (AvgIpc) is 2.62. The third-order valence-electron chi connectivity index (χ3n) is 3.59. The van der Waals surface area contributed by atoms with E-state index in [1.807, 2.05) is 38.1 Å². The molecule has 2 rings (SSSR count). The second-order valence-electron chi connectivity index (χ2n) is 5.26. The number of benzene rings is 1. The number of amides is 1. The van der Waals surface area contributed by atoms with Crippen molar-refractivity contribution in [2.75, 3.05) is 0 Å². The number of carbonyl (C=O) groups is 1. The van der Waals surface area contributed by atoms with Crippen molar-refractivity contribution in [1.29, 1.82) is 0 Å². The van der Waals surface area contributed by atoms with E-state index in [1.54, 1.807) is 0 Å². The van der Waals surface area contributed by atoms with Crippen molar-refractivity contribution >= 4 is 17.5 Å². The van der Waals surface area contributed by atoms with E-state index in [9.17, 15) is 4.79 Å². The number of hydrogen-bond acceptors (Lipinski definition) is 1. The highest BCUT2D eigenvalue weighted by molar-refractivity contribution is 6.30. The molecule has 0 unspecified atom stereocenters. The predicted molar refractivity (Wildman–Crippen MR) is 83.3 cm³/mol. The number of nitrogens with two attached hydrogens (primary N) is 1. The largest absolute Gasteiger partial charge is 0.366 e. The minimum absolute atomic E-state index is 0.272. The quantitative estimate of drug-likeness (QED) is 0.909. The maximum Gasteiger partial charge on any atom is 0.251 e. The van der Waals surface area contributed by atoms with Crippen LogP contribution in [0, 0.1) is 13.8 Å². The van der Waals surface area contributed by atoms with Crippen LogP contribution in [0.5, 0.6) is 0 Å². The predicted octanol–water partition coefficient (Wildman–Crippen LogP) is 4.11. The zero-order chi connectivity index (χ0) is 15.0. The first-order chi connectivity index (χ1) is 9.34. The highest BCUT2D eigenvalue weighted by Crippen LogP contribution is 2.34. The van der Waals surface area contributed by atoms with Gasteiger partial charge in [-0.25, -0.2) is 0 Å². The minimum Gasteiger partial charge on any atom is -0.366 e. The van der Waals surface area contributed by atoms with E-state index in [0.29, 0.717) is 10.6 Å². The first-order valence-electron chi connectivity index (χ1n) is 6.61. The van der Waals surface area contributed by atoms with Crippen LogP contribution in [0.2, 0.25) is 5.02 Å². The SMILES string of the molecule is Cc1c(C(N)=O)c(-c2ccc(Cl)cc2)c(C)n1C(C)C. The van der Waals surface area contributed by atoms with E-state index < -0.39 is 5.91 Å². The number of aromatic nitrogens is 1. The highest BCUT2D eigenvalue weighted by Gasteiger charge is 2.23. The molecule has 0 fully saturated rings. The molecule has 1 aromatic heterocycles. The molecule has 0 atom stereocenters. The van der Waals surface area contributed by atoms with Crippen LogP contribution < -0.4 is 5.73 Å². The Morgan fingerprint density at radius 2 is 1.70 bits per heavy atom. The first kappa shape index (κ1) is 14.7. The second kappa shape index (κ2) is 5.33. The fourth-order valence-electron chi connectivity index (χ4n) is 2.90. The van der Waals surface area contributed by atoms with E-state index in [0.717, 1.165) is 22.5 Å². The molecule has 0 aliphatic carbocycles. The second-order valence-corrected chi connectivity index (χ2v) is 5.69. The van der Waals surface area contributed by atoms with Crippen molar-refractivity contribution in [2.45, 2.75) is 33.7 Å². The monoisotopic (exact) mass is 290 g/mol. The Hall–Kier alpha value is -1.74. The molecule has 4 heteroatoms. The van der Waals surface area contributed by atoms with Gasteiger partial charge in [0, 0.05) is 28.0 Å². The summed E-state index contributed by atoms with van der Waals surface area (Å²) in [7, 11) is 0. The Kier molecular flexibility index (Phi) is 3.91. The van der Waals surface area contributed by atoms with Gasteiger partial charge in [0.05, 0.1) is 5.56 Å². The Morgan fingerprint density at radius 1 is 1.15 bits per heavy atom. The average molecular weight is 291 g/mol. The molecule has 20 heavy (non-hydrogen) atoms. The highest BCUT2D eigenvalue weighted by atomic mass is 35.5. The van der Waals surface area contributed by atoms with Crippen molar-refractivity contribution in [3.8, 4) is 11.1 Å². The lowest BCUT2D eigenvalue weighted by molar-refractivity contribution is 0.1000. The van der Waals surface area contributed by atoms with E-state index in [2.05, 4.69) is 18.4 Å². The third kappa shape index (κ3) is 2.34.